The van der Waals surface area contributed by atoms with Gasteiger partial charge in [-0.3, -0.25) is 9.69 Å². The second-order valence-electron chi connectivity index (χ2n) is 5.48. The fourth-order valence-electron chi connectivity index (χ4n) is 2.83. The van der Waals surface area contributed by atoms with Gasteiger partial charge in [-0.05, 0) is 36.1 Å². The van der Waals surface area contributed by atoms with Crippen molar-refractivity contribution in [2.75, 3.05) is 19.6 Å². The first-order valence-corrected chi connectivity index (χ1v) is 7.68. The number of hydrogen-bond donors (Lipinski definition) is 0. The summed E-state index contributed by atoms with van der Waals surface area (Å²) in [5.74, 6) is 0.142. The molecule has 3 heteroatoms. The zero-order valence-corrected chi connectivity index (χ0v) is 12.6. The minimum absolute atomic E-state index is 0.142. The van der Waals surface area contributed by atoms with Crippen LogP contribution in [0.5, 0.6) is 0 Å². The lowest BCUT2D eigenvalue weighted by Gasteiger charge is -2.18. The highest BCUT2D eigenvalue weighted by Gasteiger charge is 2.17. The van der Waals surface area contributed by atoms with E-state index in [1.807, 2.05) is 12.1 Å². The van der Waals surface area contributed by atoms with Crippen LogP contribution < -0.4 is 0 Å². The van der Waals surface area contributed by atoms with Gasteiger partial charge >= 0.3 is 0 Å². The third-order valence-corrected chi connectivity index (χ3v) is 4.26. The van der Waals surface area contributed by atoms with Gasteiger partial charge in [0.05, 0.1) is 6.54 Å². The van der Waals surface area contributed by atoms with E-state index in [0.29, 0.717) is 17.1 Å². The second kappa shape index (κ2) is 6.42. The Hall–Kier alpha value is -1.64. The first-order valence-electron chi connectivity index (χ1n) is 7.30. The topological polar surface area (TPSA) is 20.3 Å². The molecule has 2 aromatic carbocycles. The molecule has 0 saturated carbocycles. The molecule has 108 valence electrons. The third-order valence-electron chi connectivity index (χ3n) is 4.03. The molecule has 3 rings (SSSR count). The molecule has 21 heavy (non-hydrogen) atoms. The maximum atomic E-state index is 12.3. The summed E-state index contributed by atoms with van der Waals surface area (Å²) in [7, 11) is 0. The van der Waals surface area contributed by atoms with Crippen LogP contribution in [-0.4, -0.2) is 30.3 Å². The molecule has 0 N–H and O–H groups in total. The van der Waals surface area contributed by atoms with Crippen molar-refractivity contribution < 1.29 is 4.79 Å². The first-order chi connectivity index (χ1) is 10.2. The Kier molecular flexibility index (Phi) is 4.37. The summed E-state index contributed by atoms with van der Waals surface area (Å²) in [6.45, 7) is 2.33. The van der Waals surface area contributed by atoms with Gasteiger partial charge in [-0.1, -0.05) is 48.0 Å². The monoisotopic (exact) mass is 299 g/mol. The normalized spacial score (nSPS) is 15.3. The number of carbonyl (C=O) groups excluding carboxylic acids is 1. The van der Waals surface area contributed by atoms with Crippen molar-refractivity contribution >= 4 is 17.4 Å². The molecule has 0 fully saturated rings. The lowest BCUT2D eigenvalue weighted by Crippen LogP contribution is -2.32. The van der Waals surface area contributed by atoms with E-state index in [-0.39, 0.29) is 5.78 Å². The lowest BCUT2D eigenvalue weighted by molar-refractivity contribution is 0.0933. The quantitative estimate of drug-likeness (QED) is 0.807. The fourth-order valence-corrected chi connectivity index (χ4v) is 3.02. The Balaban J connectivity index is 1.66. The van der Waals surface area contributed by atoms with Gasteiger partial charge < -0.3 is 0 Å². The molecule has 0 saturated heterocycles. The van der Waals surface area contributed by atoms with Crippen molar-refractivity contribution in [1.29, 1.82) is 0 Å². The van der Waals surface area contributed by atoms with Crippen LogP contribution in [0.15, 0.2) is 48.5 Å². The average molecular weight is 300 g/mol. The predicted octanol–water partition coefficient (Wildman–Crippen LogP) is 3.62. The van der Waals surface area contributed by atoms with E-state index in [9.17, 15) is 4.79 Å². The van der Waals surface area contributed by atoms with Crippen LogP contribution in [0.2, 0.25) is 5.02 Å². The molecule has 1 aliphatic rings. The van der Waals surface area contributed by atoms with Crippen molar-refractivity contribution in [2.45, 2.75) is 12.8 Å². The number of nitrogens with zero attached hydrogens (tertiary/aromatic N) is 1. The first kappa shape index (κ1) is 14.3. The van der Waals surface area contributed by atoms with Gasteiger partial charge in [-0.15, -0.1) is 0 Å². The standard InChI is InChI=1S/C18H18ClNO/c19-17-7-3-6-16(12-17)18(21)13-20-10-8-14-4-1-2-5-15(14)9-11-20/h1-7,12H,8-11,13H2. The van der Waals surface area contributed by atoms with Crippen molar-refractivity contribution in [3.05, 3.63) is 70.2 Å². The molecule has 0 aliphatic carbocycles. The molecule has 0 radical (unpaired) electrons. The summed E-state index contributed by atoms with van der Waals surface area (Å²) in [4.78, 5) is 14.6. The number of Topliss-reactive ketones (excluding diaryl/α,β-unsaturated/α-hetero) is 1. The summed E-state index contributed by atoms with van der Waals surface area (Å²) in [6.07, 6.45) is 2.03. The van der Waals surface area contributed by atoms with Gasteiger partial charge in [0.25, 0.3) is 0 Å². The van der Waals surface area contributed by atoms with Crippen LogP contribution in [0.3, 0.4) is 0 Å². The Morgan fingerprint density at radius 3 is 2.29 bits per heavy atom. The molecule has 1 heterocycles. The van der Waals surface area contributed by atoms with Crippen LogP contribution in [0.25, 0.3) is 0 Å². The van der Waals surface area contributed by atoms with E-state index >= 15 is 0 Å². The molecule has 0 aromatic heterocycles. The van der Waals surface area contributed by atoms with Crippen LogP contribution in [0.1, 0.15) is 21.5 Å². The zero-order valence-electron chi connectivity index (χ0n) is 11.9. The molecule has 0 bridgehead atoms. The lowest BCUT2D eigenvalue weighted by atomic mass is 10.0. The van der Waals surface area contributed by atoms with Crippen LogP contribution in [0, 0.1) is 0 Å². The maximum Gasteiger partial charge on any atom is 0.176 e. The molecule has 0 unspecified atom stereocenters. The largest absolute Gasteiger partial charge is 0.295 e. The van der Waals surface area contributed by atoms with Gasteiger partial charge in [0.15, 0.2) is 5.78 Å². The van der Waals surface area contributed by atoms with Crippen molar-refractivity contribution in [3.8, 4) is 0 Å². The maximum absolute atomic E-state index is 12.3. The summed E-state index contributed by atoms with van der Waals surface area (Å²) in [5.41, 5.74) is 3.52. The van der Waals surface area contributed by atoms with Gasteiger partial charge in [0.2, 0.25) is 0 Å². The van der Waals surface area contributed by atoms with Crippen LogP contribution in [0.4, 0.5) is 0 Å². The van der Waals surface area contributed by atoms with Gasteiger partial charge in [-0.2, -0.15) is 0 Å². The van der Waals surface area contributed by atoms with Gasteiger partial charge in [-0.25, -0.2) is 0 Å². The zero-order chi connectivity index (χ0) is 14.7. The average Bonchev–Trinajstić information content (AvgIpc) is 2.70. The number of halogens is 1. The Labute approximate surface area is 130 Å². The van der Waals surface area contributed by atoms with Crippen molar-refractivity contribution in [2.24, 2.45) is 0 Å². The van der Waals surface area contributed by atoms with E-state index in [0.717, 1.165) is 25.9 Å². The number of ketones is 1. The minimum Gasteiger partial charge on any atom is -0.295 e. The van der Waals surface area contributed by atoms with E-state index in [1.54, 1.807) is 12.1 Å². The molecule has 2 aromatic rings. The predicted molar refractivity (Wildman–Crippen MR) is 86.1 cm³/mol. The van der Waals surface area contributed by atoms with E-state index in [1.165, 1.54) is 11.1 Å². The molecule has 0 atom stereocenters. The van der Waals surface area contributed by atoms with Crippen LogP contribution in [-0.2, 0) is 12.8 Å². The molecule has 2 nitrogen and oxygen atoms in total. The Morgan fingerprint density at radius 2 is 1.67 bits per heavy atom. The molecular weight excluding hydrogens is 282 g/mol. The summed E-state index contributed by atoms with van der Waals surface area (Å²) in [5, 5.41) is 0.615. The van der Waals surface area contributed by atoms with Gasteiger partial charge in [0, 0.05) is 23.7 Å². The highest BCUT2D eigenvalue weighted by Crippen LogP contribution is 2.16. The van der Waals surface area contributed by atoms with E-state index in [2.05, 4.69) is 29.2 Å². The second-order valence-corrected chi connectivity index (χ2v) is 5.91. The number of rotatable bonds is 3. The Bertz CT molecular complexity index is 626. The number of fused-ring (bicyclic) bond motifs is 1. The fraction of sp³-hybridized carbons (Fsp3) is 0.278. The smallest absolute Gasteiger partial charge is 0.176 e. The molecule has 0 amide bonds. The number of hydrogen-bond acceptors (Lipinski definition) is 2. The highest BCUT2D eigenvalue weighted by atomic mass is 35.5. The SMILES string of the molecule is O=C(CN1CCc2ccccc2CC1)c1cccc(Cl)c1. The number of carbonyl (C=O) groups is 1. The third kappa shape index (κ3) is 3.52. The van der Waals surface area contributed by atoms with Crippen molar-refractivity contribution in [3.63, 3.8) is 0 Å². The summed E-state index contributed by atoms with van der Waals surface area (Å²) in [6, 6.07) is 15.8. The minimum atomic E-state index is 0.142. The molecular formula is C18H18ClNO. The van der Waals surface area contributed by atoms with Crippen molar-refractivity contribution in [1.82, 2.24) is 4.90 Å². The van der Waals surface area contributed by atoms with E-state index < -0.39 is 0 Å². The van der Waals surface area contributed by atoms with Gasteiger partial charge in [0.1, 0.15) is 0 Å². The highest BCUT2D eigenvalue weighted by molar-refractivity contribution is 6.31. The Morgan fingerprint density at radius 1 is 1.00 bits per heavy atom. The summed E-state index contributed by atoms with van der Waals surface area (Å²) >= 11 is 5.95. The number of benzene rings is 2. The summed E-state index contributed by atoms with van der Waals surface area (Å²) < 4.78 is 0. The molecule has 1 aliphatic heterocycles. The van der Waals surface area contributed by atoms with E-state index in [4.69, 9.17) is 11.6 Å². The van der Waals surface area contributed by atoms with Crippen LogP contribution >= 0.6 is 11.6 Å². The molecule has 0 spiro atoms.